The molecule has 0 aliphatic carbocycles. The zero-order valence-corrected chi connectivity index (χ0v) is 22.1. The molecule has 0 spiro atoms. The van der Waals surface area contributed by atoms with E-state index in [0.29, 0.717) is 33.9 Å². The van der Waals surface area contributed by atoms with E-state index < -0.39 is 11.5 Å². The third-order valence-electron chi connectivity index (χ3n) is 6.50. The number of fused-ring (bicyclic) bond motifs is 1. The van der Waals surface area contributed by atoms with Crippen LogP contribution in [0.3, 0.4) is 0 Å². The molecular formula is C30H28FN5O3. The van der Waals surface area contributed by atoms with Crippen LogP contribution in [0.2, 0.25) is 0 Å². The van der Waals surface area contributed by atoms with Gasteiger partial charge in [0.1, 0.15) is 28.6 Å². The molecule has 3 aromatic carbocycles. The first kappa shape index (κ1) is 25.8. The average Bonchev–Trinajstić information content (AvgIpc) is 3.35. The van der Waals surface area contributed by atoms with Crippen LogP contribution >= 0.6 is 0 Å². The number of amides is 1. The summed E-state index contributed by atoms with van der Waals surface area (Å²) in [6, 6.07) is 20.4. The third kappa shape index (κ3) is 5.29. The minimum absolute atomic E-state index is 0.0618. The summed E-state index contributed by atoms with van der Waals surface area (Å²) in [4.78, 5) is 31.7. The van der Waals surface area contributed by atoms with Gasteiger partial charge in [-0.3, -0.25) is 20.1 Å². The molecule has 0 bridgehead atoms. The fourth-order valence-electron chi connectivity index (χ4n) is 4.30. The molecule has 5 rings (SSSR count). The molecule has 2 aromatic heterocycles. The van der Waals surface area contributed by atoms with Gasteiger partial charge in [0.15, 0.2) is 5.52 Å². The Morgan fingerprint density at radius 1 is 1.05 bits per heavy atom. The van der Waals surface area contributed by atoms with Crippen molar-refractivity contribution in [1.82, 2.24) is 19.9 Å². The monoisotopic (exact) mass is 525 g/mol. The van der Waals surface area contributed by atoms with Crippen molar-refractivity contribution < 1.29 is 13.9 Å². The summed E-state index contributed by atoms with van der Waals surface area (Å²) in [6.45, 7) is 6.29. The Morgan fingerprint density at radius 3 is 2.44 bits per heavy atom. The number of nitrogens with one attached hydrogen (secondary N) is 2. The van der Waals surface area contributed by atoms with Gasteiger partial charge < -0.3 is 4.74 Å². The maximum Gasteiger partial charge on any atom is 0.298 e. The predicted octanol–water partition coefficient (Wildman–Crippen LogP) is 5.21. The first-order chi connectivity index (χ1) is 18.6. The average molecular weight is 526 g/mol. The molecule has 2 heterocycles. The number of hydrogen-bond donors (Lipinski definition) is 2. The highest BCUT2D eigenvalue weighted by Crippen LogP contribution is 2.25. The number of aromatic amines is 1. The van der Waals surface area contributed by atoms with Crippen molar-refractivity contribution >= 4 is 16.9 Å². The Morgan fingerprint density at radius 2 is 1.77 bits per heavy atom. The van der Waals surface area contributed by atoms with Crippen molar-refractivity contribution in [2.45, 2.75) is 32.6 Å². The molecule has 0 aliphatic rings. The molecule has 0 unspecified atom stereocenters. The van der Waals surface area contributed by atoms with Crippen LogP contribution < -0.4 is 15.7 Å². The molecule has 198 valence electrons. The Bertz CT molecular complexity index is 1720. The van der Waals surface area contributed by atoms with Crippen LogP contribution in [-0.4, -0.2) is 32.9 Å². The molecule has 0 aliphatic heterocycles. The molecule has 9 heteroatoms. The van der Waals surface area contributed by atoms with Gasteiger partial charge in [-0.15, -0.1) is 0 Å². The van der Waals surface area contributed by atoms with E-state index >= 15 is 0 Å². The van der Waals surface area contributed by atoms with Crippen LogP contribution in [0.15, 0.2) is 77.6 Å². The van der Waals surface area contributed by atoms with E-state index in [1.54, 1.807) is 31.4 Å². The van der Waals surface area contributed by atoms with Crippen molar-refractivity contribution in [2.24, 2.45) is 0 Å². The SMILES string of the molecule is COc1cccc(Cc2nc3c(-c4ccc(F)cc4)n[nH]c3c(=O)n2NC(=O)c2ccc(C(C)(C)C)cc2)c1. The summed E-state index contributed by atoms with van der Waals surface area (Å²) in [7, 11) is 1.57. The van der Waals surface area contributed by atoms with Gasteiger partial charge in [-0.1, -0.05) is 45.0 Å². The zero-order chi connectivity index (χ0) is 27.7. The molecule has 1 amide bonds. The molecule has 5 aromatic rings. The van der Waals surface area contributed by atoms with Crippen LogP contribution in [0.25, 0.3) is 22.3 Å². The molecular weight excluding hydrogens is 497 g/mol. The lowest BCUT2D eigenvalue weighted by Gasteiger charge is -2.19. The molecule has 0 fully saturated rings. The maximum atomic E-state index is 13.7. The minimum Gasteiger partial charge on any atom is -0.497 e. The highest BCUT2D eigenvalue weighted by molar-refractivity contribution is 6.00. The molecule has 0 saturated heterocycles. The van der Waals surface area contributed by atoms with Crippen molar-refractivity contribution in [1.29, 1.82) is 0 Å². The summed E-state index contributed by atoms with van der Waals surface area (Å²) in [5.41, 5.74) is 5.91. The highest BCUT2D eigenvalue weighted by Gasteiger charge is 2.21. The van der Waals surface area contributed by atoms with Crippen molar-refractivity contribution in [3.05, 3.63) is 111 Å². The number of methoxy groups -OCH3 is 1. The van der Waals surface area contributed by atoms with E-state index in [4.69, 9.17) is 9.72 Å². The van der Waals surface area contributed by atoms with Crippen LogP contribution in [0, 0.1) is 5.82 Å². The topological polar surface area (TPSA) is 102 Å². The fourth-order valence-corrected chi connectivity index (χ4v) is 4.30. The molecule has 0 saturated carbocycles. The van der Waals surface area contributed by atoms with Crippen molar-refractivity contribution in [3.63, 3.8) is 0 Å². The van der Waals surface area contributed by atoms with E-state index in [1.807, 2.05) is 36.4 Å². The van der Waals surface area contributed by atoms with E-state index in [0.717, 1.165) is 15.8 Å². The zero-order valence-electron chi connectivity index (χ0n) is 22.1. The quantitative estimate of drug-likeness (QED) is 0.317. The lowest BCUT2D eigenvalue weighted by molar-refractivity contribution is 0.101. The molecule has 39 heavy (non-hydrogen) atoms. The fraction of sp³-hybridized carbons (Fsp3) is 0.200. The van der Waals surface area contributed by atoms with Crippen LogP contribution in [0.4, 0.5) is 4.39 Å². The van der Waals surface area contributed by atoms with Gasteiger partial charge in [0.25, 0.3) is 11.5 Å². The minimum atomic E-state index is -0.515. The number of ether oxygens (including phenoxy) is 1. The second-order valence-corrected chi connectivity index (χ2v) is 10.3. The Hall–Kier alpha value is -4.79. The van der Waals surface area contributed by atoms with Gasteiger partial charge in [-0.2, -0.15) is 5.10 Å². The van der Waals surface area contributed by atoms with Crippen LogP contribution in [-0.2, 0) is 11.8 Å². The Labute approximate surface area is 224 Å². The standard InChI is InChI=1S/C30H28FN5O3/c1-30(2,3)21-12-8-20(9-13-21)28(37)35-36-24(17-18-6-5-7-23(16-18)39-4)32-26-25(33-34-27(26)29(36)38)19-10-14-22(31)15-11-19/h5-16H,17H2,1-4H3,(H,33,34)(H,35,37). The number of benzene rings is 3. The molecule has 2 N–H and O–H groups in total. The normalized spacial score (nSPS) is 11.5. The third-order valence-corrected chi connectivity index (χ3v) is 6.50. The van der Waals surface area contributed by atoms with Gasteiger partial charge in [0, 0.05) is 17.5 Å². The van der Waals surface area contributed by atoms with Crippen molar-refractivity contribution in [3.8, 4) is 17.0 Å². The Kier molecular flexibility index (Phi) is 6.74. The van der Waals surface area contributed by atoms with Gasteiger partial charge in [0.05, 0.1) is 7.11 Å². The first-order valence-corrected chi connectivity index (χ1v) is 12.4. The molecule has 0 atom stereocenters. The first-order valence-electron chi connectivity index (χ1n) is 12.4. The largest absolute Gasteiger partial charge is 0.497 e. The van der Waals surface area contributed by atoms with Gasteiger partial charge in [0.2, 0.25) is 0 Å². The smallest absolute Gasteiger partial charge is 0.298 e. The molecule has 8 nitrogen and oxygen atoms in total. The summed E-state index contributed by atoms with van der Waals surface area (Å²) < 4.78 is 20.0. The summed E-state index contributed by atoms with van der Waals surface area (Å²) in [5.74, 6) is 0.112. The second kappa shape index (κ2) is 10.2. The second-order valence-electron chi connectivity index (χ2n) is 10.3. The van der Waals surface area contributed by atoms with E-state index in [2.05, 4.69) is 36.4 Å². The highest BCUT2D eigenvalue weighted by atomic mass is 19.1. The Balaban J connectivity index is 1.60. The van der Waals surface area contributed by atoms with Gasteiger partial charge >= 0.3 is 0 Å². The van der Waals surface area contributed by atoms with E-state index in [1.165, 1.54) is 12.1 Å². The number of halogens is 1. The number of nitrogens with zero attached hydrogens (tertiary/aromatic N) is 3. The lowest BCUT2D eigenvalue weighted by atomic mass is 9.87. The number of rotatable bonds is 6. The summed E-state index contributed by atoms with van der Waals surface area (Å²) >= 11 is 0. The number of carbonyl (C=O) groups is 1. The van der Waals surface area contributed by atoms with Crippen molar-refractivity contribution in [2.75, 3.05) is 12.5 Å². The maximum absolute atomic E-state index is 13.7. The summed E-state index contributed by atoms with van der Waals surface area (Å²) in [6.07, 6.45) is 0.222. The van der Waals surface area contributed by atoms with Crippen LogP contribution in [0.5, 0.6) is 5.75 Å². The van der Waals surface area contributed by atoms with Gasteiger partial charge in [-0.05, 0) is 65.1 Å². The predicted molar refractivity (Wildman–Crippen MR) is 148 cm³/mol. The van der Waals surface area contributed by atoms with Crippen LogP contribution in [0.1, 0.15) is 48.1 Å². The number of aromatic nitrogens is 4. The van der Waals surface area contributed by atoms with Gasteiger partial charge in [-0.25, -0.2) is 14.1 Å². The van der Waals surface area contributed by atoms with E-state index in [9.17, 15) is 14.0 Å². The number of carbonyl (C=O) groups excluding carboxylic acids is 1. The van der Waals surface area contributed by atoms with E-state index in [-0.39, 0.29) is 23.2 Å². The lowest BCUT2D eigenvalue weighted by Crippen LogP contribution is -2.36. The number of H-pyrrole nitrogens is 1. The number of hydrogen-bond acceptors (Lipinski definition) is 5. The molecule has 0 radical (unpaired) electrons. The summed E-state index contributed by atoms with van der Waals surface area (Å²) in [5, 5.41) is 7.03.